The van der Waals surface area contributed by atoms with E-state index in [0.717, 1.165) is 30.8 Å². The Labute approximate surface area is 107 Å². The molecular formula is C12H19N5O. The first-order valence-corrected chi connectivity index (χ1v) is 6.21. The van der Waals surface area contributed by atoms with Gasteiger partial charge in [0.1, 0.15) is 18.0 Å². The van der Waals surface area contributed by atoms with Crippen LogP contribution in [0.5, 0.6) is 0 Å². The molecule has 2 N–H and O–H groups in total. The van der Waals surface area contributed by atoms with Crippen molar-refractivity contribution in [1.29, 1.82) is 0 Å². The van der Waals surface area contributed by atoms with E-state index in [0.29, 0.717) is 18.9 Å². The third-order valence-corrected chi connectivity index (χ3v) is 3.21. The van der Waals surface area contributed by atoms with Crippen LogP contribution in [0, 0.1) is 0 Å². The van der Waals surface area contributed by atoms with Gasteiger partial charge in [-0.05, 0) is 6.42 Å². The van der Waals surface area contributed by atoms with Gasteiger partial charge in [0.15, 0.2) is 0 Å². The summed E-state index contributed by atoms with van der Waals surface area (Å²) >= 11 is 0. The molecule has 1 aliphatic rings. The molecule has 18 heavy (non-hydrogen) atoms. The lowest BCUT2D eigenvalue weighted by Gasteiger charge is -2.33. The first-order valence-electron chi connectivity index (χ1n) is 6.21. The number of carbonyl (C=O) groups excluding carboxylic acids is 1. The third kappa shape index (κ3) is 2.37. The Kier molecular flexibility index (Phi) is 3.64. The highest BCUT2D eigenvalue weighted by Crippen LogP contribution is 2.24. The number of hydrogen-bond donors (Lipinski definition) is 1. The molecule has 6 nitrogen and oxygen atoms in total. The van der Waals surface area contributed by atoms with E-state index in [1.165, 1.54) is 6.33 Å². The van der Waals surface area contributed by atoms with Gasteiger partial charge in [-0.15, -0.1) is 0 Å². The van der Waals surface area contributed by atoms with Crippen LogP contribution < -0.4 is 10.6 Å². The van der Waals surface area contributed by atoms with Crippen LogP contribution in [0.1, 0.15) is 18.9 Å². The third-order valence-electron chi connectivity index (χ3n) is 3.21. The summed E-state index contributed by atoms with van der Waals surface area (Å²) in [5.74, 6) is 1.44. The van der Waals surface area contributed by atoms with E-state index in [9.17, 15) is 4.79 Å². The van der Waals surface area contributed by atoms with Crippen molar-refractivity contribution in [2.24, 2.45) is 0 Å². The molecule has 98 valence electrons. The van der Waals surface area contributed by atoms with Gasteiger partial charge >= 0.3 is 0 Å². The summed E-state index contributed by atoms with van der Waals surface area (Å²) < 4.78 is 0. The van der Waals surface area contributed by atoms with E-state index < -0.39 is 0 Å². The van der Waals surface area contributed by atoms with E-state index in [-0.39, 0.29) is 5.91 Å². The monoisotopic (exact) mass is 249 g/mol. The second-order valence-corrected chi connectivity index (χ2v) is 4.55. The number of nitrogen functional groups attached to an aromatic ring is 1. The van der Waals surface area contributed by atoms with Crippen LogP contribution in [-0.2, 0) is 11.2 Å². The number of anilines is 2. The van der Waals surface area contributed by atoms with Crippen molar-refractivity contribution < 1.29 is 4.79 Å². The molecule has 1 fully saturated rings. The SMILES string of the molecule is CCCc1c(N)ncnc1N1CCN(C)C(=O)C1. The van der Waals surface area contributed by atoms with Gasteiger partial charge in [0.25, 0.3) is 0 Å². The van der Waals surface area contributed by atoms with Crippen molar-refractivity contribution in [3.63, 3.8) is 0 Å². The van der Waals surface area contributed by atoms with Crippen LogP contribution in [0.15, 0.2) is 6.33 Å². The molecule has 0 bridgehead atoms. The fraction of sp³-hybridized carbons (Fsp3) is 0.583. The molecule has 0 radical (unpaired) electrons. The van der Waals surface area contributed by atoms with Gasteiger partial charge in [0, 0.05) is 25.7 Å². The second kappa shape index (κ2) is 5.20. The normalized spacial score (nSPS) is 16.2. The van der Waals surface area contributed by atoms with Gasteiger partial charge in [-0.25, -0.2) is 9.97 Å². The zero-order valence-electron chi connectivity index (χ0n) is 10.9. The minimum absolute atomic E-state index is 0.112. The zero-order valence-corrected chi connectivity index (χ0v) is 10.9. The average Bonchev–Trinajstić information content (AvgIpc) is 2.35. The lowest BCUT2D eigenvalue weighted by molar-refractivity contribution is -0.129. The van der Waals surface area contributed by atoms with Crippen LogP contribution >= 0.6 is 0 Å². The first kappa shape index (κ1) is 12.6. The molecule has 0 spiro atoms. The Hall–Kier alpha value is -1.85. The lowest BCUT2D eigenvalue weighted by Crippen LogP contribution is -2.49. The minimum Gasteiger partial charge on any atom is -0.383 e. The summed E-state index contributed by atoms with van der Waals surface area (Å²) in [4.78, 5) is 23.8. The number of carbonyl (C=O) groups is 1. The van der Waals surface area contributed by atoms with E-state index >= 15 is 0 Å². The fourth-order valence-electron chi connectivity index (χ4n) is 2.12. The summed E-state index contributed by atoms with van der Waals surface area (Å²) in [7, 11) is 1.82. The average molecular weight is 249 g/mol. The molecule has 0 unspecified atom stereocenters. The number of hydrogen-bond acceptors (Lipinski definition) is 5. The van der Waals surface area contributed by atoms with Gasteiger partial charge < -0.3 is 15.5 Å². The first-order chi connectivity index (χ1) is 8.63. The maximum atomic E-state index is 11.7. The molecule has 1 aromatic rings. The van der Waals surface area contributed by atoms with Crippen LogP contribution in [0.4, 0.5) is 11.6 Å². The van der Waals surface area contributed by atoms with E-state index in [1.807, 2.05) is 11.9 Å². The molecule has 1 amide bonds. The number of rotatable bonds is 3. The number of piperazine rings is 1. The topological polar surface area (TPSA) is 75.3 Å². The molecule has 1 aromatic heterocycles. The van der Waals surface area contributed by atoms with Crippen LogP contribution in [0.2, 0.25) is 0 Å². The molecule has 1 aliphatic heterocycles. The maximum absolute atomic E-state index is 11.7. The largest absolute Gasteiger partial charge is 0.383 e. The summed E-state index contributed by atoms with van der Waals surface area (Å²) in [5.41, 5.74) is 6.86. The van der Waals surface area contributed by atoms with Crippen molar-refractivity contribution >= 4 is 17.5 Å². The standard InChI is InChI=1S/C12H19N5O/c1-3-4-9-11(13)14-8-15-12(9)17-6-5-16(2)10(18)7-17/h8H,3-7H2,1-2H3,(H2,13,14,15). The van der Waals surface area contributed by atoms with Crippen molar-refractivity contribution in [3.8, 4) is 0 Å². The lowest BCUT2D eigenvalue weighted by atomic mass is 10.1. The maximum Gasteiger partial charge on any atom is 0.241 e. The highest BCUT2D eigenvalue weighted by Gasteiger charge is 2.24. The van der Waals surface area contributed by atoms with Gasteiger partial charge in [0.2, 0.25) is 5.91 Å². The highest BCUT2D eigenvalue weighted by atomic mass is 16.2. The predicted molar refractivity (Wildman–Crippen MR) is 70.3 cm³/mol. The van der Waals surface area contributed by atoms with Crippen LogP contribution in [0.25, 0.3) is 0 Å². The second-order valence-electron chi connectivity index (χ2n) is 4.55. The highest BCUT2D eigenvalue weighted by molar-refractivity contribution is 5.82. The quantitative estimate of drug-likeness (QED) is 0.833. The van der Waals surface area contributed by atoms with E-state index in [4.69, 9.17) is 5.73 Å². The number of nitrogens with zero attached hydrogens (tertiary/aromatic N) is 4. The summed E-state index contributed by atoms with van der Waals surface area (Å²) in [6.45, 7) is 3.96. The number of aromatic nitrogens is 2. The molecule has 1 saturated heterocycles. The fourth-order valence-corrected chi connectivity index (χ4v) is 2.12. The summed E-state index contributed by atoms with van der Waals surface area (Å²) in [6.07, 6.45) is 3.28. The van der Waals surface area contributed by atoms with Gasteiger partial charge in [-0.1, -0.05) is 13.3 Å². The molecule has 2 rings (SSSR count). The molecule has 0 saturated carbocycles. The summed E-state index contributed by atoms with van der Waals surface area (Å²) in [5, 5.41) is 0. The van der Waals surface area contributed by atoms with Gasteiger partial charge in [-0.2, -0.15) is 0 Å². The van der Waals surface area contributed by atoms with Gasteiger partial charge in [-0.3, -0.25) is 4.79 Å². The van der Waals surface area contributed by atoms with E-state index in [2.05, 4.69) is 16.9 Å². The number of nitrogens with two attached hydrogens (primary N) is 1. The molecule has 2 heterocycles. The van der Waals surface area contributed by atoms with Crippen molar-refractivity contribution in [2.75, 3.05) is 37.3 Å². The molecule has 6 heteroatoms. The number of amides is 1. The zero-order chi connectivity index (χ0) is 13.1. The molecular weight excluding hydrogens is 230 g/mol. The Morgan fingerprint density at radius 2 is 2.17 bits per heavy atom. The molecule has 0 aliphatic carbocycles. The van der Waals surface area contributed by atoms with Gasteiger partial charge in [0.05, 0.1) is 6.54 Å². The Morgan fingerprint density at radius 3 is 2.83 bits per heavy atom. The Balaban J connectivity index is 2.27. The summed E-state index contributed by atoms with van der Waals surface area (Å²) in [6, 6.07) is 0. The smallest absolute Gasteiger partial charge is 0.241 e. The molecule has 0 aromatic carbocycles. The van der Waals surface area contributed by atoms with Crippen LogP contribution in [-0.4, -0.2) is 47.5 Å². The minimum atomic E-state index is 0.112. The van der Waals surface area contributed by atoms with Crippen molar-refractivity contribution in [1.82, 2.24) is 14.9 Å². The van der Waals surface area contributed by atoms with E-state index in [1.54, 1.807) is 4.90 Å². The Bertz CT molecular complexity index is 448. The Morgan fingerprint density at radius 1 is 1.39 bits per heavy atom. The van der Waals surface area contributed by atoms with Crippen molar-refractivity contribution in [2.45, 2.75) is 19.8 Å². The van der Waals surface area contributed by atoms with Crippen molar-refractivity contribution in [3.05, 3.63) is 11.9 Å². The molecule has 0 atom stereocenters. The number of likely N-dealkylation sites (N-methyl/N-ethyl adjacent to an activating group) is 1. The van der Waals surface area contributed by atoms with Crippen LogP contribution in [0.3, 0.4) is 0 Å². The predicted octanol–water partition coefficient (Wildman–Crippen LogP) is 0.290.